The van der Waals surface area contributed by atoms with Gasteiger partial charge in [-0.2, -0.15) is 0 Å². The van der Waals surface area contributed by atoms with Crippen LogP contribution in [0.3, 0.4) is 0 Å². The van der Waals surface area contributed by atoms with Crippen LogP contribution < -0.4 is 5.73 Å². The van der Waals surface area contributed by atoms with Gasteiger partial charge in [-0.3, -0.25) is 0 Å². The van der Waals surface area contributed by atoms with E-state index in [9.17, 15) is 0 Å². The van der Waals surface area contributed by atoms with E-state index in [0.717, 1.165) is 5.76 Å². The number of aryl methyl sites for hydroxylation is 2. The molecular formula is C13H15NOS. The van der Waals surface area contributed by atoms with Crippen molar-refractivity contribution in [1.82, 2.24) is 0 Å². The molecule has 1 aromatic carbocycles. The van der Waals surface area contributed by atoms with Gasteiger partial charge in [-0.15, -0.1) is 0 Å². The molecule has 1 heterocycles. The number of hydrogen-bond acceptors (Lipinski definition) is 3. The predicted octanol–water partition coefficient (Wildman–Crippen LogP) is 3.51. The van der Waals surface area contributed by atoms with E-state index >= 15 is 0 Å². The van der Waals surface area contributed by atoms with Gasteiger partial charge in [-0.05, 0) is 43.2 Å². The summed E-state index contributed by atoms with van der Waals surface area (Å²) >= 11 is 1.72. The highest BCUT2D eigenvalue weighted by Gasteiger charge is 2.05. The summed E-state index contributed by atoms with van der Waals surface area (Å²) in [5.74, 6) is 0.963. The minimum Gasteiger partial charge on any atom is -0.468 e. The van der Waals surface area contributed by atoms with Crippen molar-refractivity contribution < 1.29 is 4.42 Å². The van der Waals surface area contributed by atoms with Gasteiger partial charge >= 0.3 is 0 Å². The predicted molar refractivity (Wildman–Crippen MR) is 66.6 cm³/mol. The van der Waals surface area contributed by atoms with Crippen LogP contribution in [-0.2, 0) is 6.54 Å². The summed E-state index contributed by atoms with van der Waals surface area (Å²) in [4.78, 5) is 2.39. The fourth-order valence-corrected chi connectivity index (χ4v) is 2.51. The van der Waals surface area contributed by atoms with E-state index in [1.165, 1.54) is 20.9 Å². The third-order valence-electron chi connectivity index (χ3n) is 2.57. The Morgan fingerprint density at radius 3 is 2.62 bits per heavy atom. The average molecular weight is 233 g/mol. The molecule has 3 heteroatoms. The van der Waals surface area contributed by atoms with Gasteiger partial charge in [-0.1, -0.05) is 17.8 Å². The molecule has 0 aliphatic heterocycles. The molecule has 0 spiro atoms. The second kappa shape index (κ2) is 4.76. The fraction of sp³-hybridized carbons (Fsp3) is 0.231. The van der Waals surface area contributed by atoms with Crippen LogP contribution in [0.5, 0.6) is 0 Å². The zero-order valence-electron chi connectivity index (χ0n) is 9.49. The molecule has 0 saturated heterocycles. The van der Waals surface area contributed by atoms with Gasteiger partial charge in [0.15, 0.2) is 0 Å². The molecule has 0 atom stereocenters. The van der Waals surface area contributed by atoms with E-state index in [-0.39, 0.29) is 0 Å². The molecule has 0 fully saturated rings. The maximum atomic E-state index is 5.64. The van der Waals surface area contributed by atoms with Crippen LogP contribution in [0.4, 0.5) is 0 Å². The molecule has 0 bridgehead atoms. The second-order valence-electron chi connectivity index (χ2n) is 3.74. The van der Waals surface area contributed by atoms with Gasteiger partial charge in [0.25, 0.3) is 0 Å². The SMILES string of the molecule is Cc1cc(Sc2ccoc2C)ccc1CN. The van der Waals surface area contributed by atoms with Gasteiger partial charge in [0, 0.05) is 11.4 Å². The van der Waals surface area contributed by atoms with Crippen molar-refractivity contribution in [2.45, 2.75) is 30.2 Å². The fourth-order valence-electron chi connectivity index (χ4n) is 1.57. The van der Waals surface area contributed by atoms with E-state index in [0.29, 0.717) is 6.54 Å². The summed E-state index contributed by atoms with van der Waals surface area (Å²) in [6.07, 6.45) is 1.72. The van der Waals surface area contributed by atoms with Crippen LogP contribution >= 0.6 is 11.8 Å². The number of rotatable bonds is 3. The van der Waals surface area contributed by atoms with E-state index in [2.05, 4.69) is 25.1 Å². The Morgan fingerprint density at radius 2 is 2.06 bits per heavy atom. The molecule has 2 aromatic rings. The summed E-state index contributed by atoms with van der Waals surface area (Å²) in [6, 6.07) is 8.35. The topological polar surface area (TPSA) is 39.2 Å². The summed E-state index contributed by atoms with van der Waals surface area (Å²) in [5, 5.41) is 0. The van der Waals surface area contributed by atoms with Crippen molar-refractivity contribution in [3.8, 4) is 0 Å². The summed E-state index contributed by atoms with van der Waals surface area (Å²) in [5.41, 5.74) is 8.09. The Hall–Kier alpha value is -1.19. The Labute approximate surface area is 99.8 Å². The third-order valence-corrected chi connectivity index (χ3v) is 3.71. The highest BCUT2D eigenvalue weighted by atomic mass is 32.2. The van der Waals surface area contributed by atoms with Crippen molar-refractivity contribution in [2.24, 2.45) is 5.73 Å². The Kier molecular flexibility index (Phi) is 3.36. The lowest BCUT2D eigenvalue weighted by Gasteiger charge is -2.05. The van der Waals surface area contributed by atoms with Crippen molar-refractivity contribution in [3.63, 3.8) is 0 Å². The Morgan fingerprint density at radius 1 is 1.25 bits per heavy atom. The highest BCUT2D eigenvalue weighted by Crippen LogP contribution is 2.31. The number of furan rings is 1. The molecule has 0 aliphatic carbocycles. The smallest absolute Gasteiger partial charge is 0.114 e. The van der Waals surface area contributed by atoms with E-state index in [1.54, 1.807) is 18.0 Å². The van der Waals surface area contributed by atoms with Crippen LogP contribution in [0.25, 0.3) is 0 Å². The summed E-state index contributed by atoms with van der Waals surface area (Å²) in [6.45, 7) is 4.67. The first-order chi connectivity index (χ1) is 7.70. The van der Waals surface area contributed by atoms with Crippen molar-refractivity contribution >= 4 is 11.8 Å². The van der Waals surface area contributed by atoms with Gasteiger partial charge in [0.05, 0.1) is 11.2 Å². The normalized spacial score (nSPS) is 10.7. The molecule has 0 radical (unpaired) electrons. The lowest BCUT2D eigenvalue weighted by atomic mass is 10.1. The van der Waals surface area contributed by atoms with E-state index < -0.39 is 0 Å². The summed E-state index contributed by atoms with van der Waals surface area (Å²) < 4.78 is 5.27. The van der Waals surface area contributed by atoms with Crippen LogP contribution in [0, 0.1) is 13.8 Å². The molecule has 0 aliphatic rings. The molecule has 0 saturated carbocycles. The molecule has 84 valence electrons. The monoisotopic (exact) mass is 233 g/mol. The van der Waals surface area contributed by atoms with Crippen LogP contribution in [-0.4, -0.2) is 0 Å². The molecule has 1 aromatic heterocycles. The average Bonchev–Trinajstić information content (AvgIpc) is 2.65. The largest absolute Gasteiger partial charge is 0.468 e. The molecule has 2 rings (SSSR count). The molecule has 0 amide bonds. The quantitative estimate of drug-likeness (QED) is 0.881. The summed E-state index contributed by atoms with van der Waals surface area (Å²) in [7, 11) is 0. The van der Waals surface area contributed by atoms with Crippen molar-refractivity contribution in [3.05, 3.63) is 47.4 Å². The second-order valence-corrected chi connectivity index (χ2v) is 4.85. The first-order valence-electron chi connectivity index (χ1n) is 5.22. The molecule has 16 heavy (non-hydrogen) atoms. The van der Waals surface area contributed by atoms with Crippen LogP contribution in [0.15, 0.2) is 44.7 Å². The van der Waals surface area contributed by atoms with Gasteiger partial charge in [-0.25, -0.2) is 0 Å². The lowest BCUT2D eigenvalue weighted by Crippen LogP contribution is -1.98. The molecular weight excluding hydrogens is 218 g/mol. The molecule has 2 nitrogen and oxygen atoms in total. The number of hydrogen-bond donors (Lipinski definition) is 1. The molecule has 2 N–H and O–H groups in total. The lowest BCUT2D eigenvalue weighted by molar-refractivity contribution is 0.527. The maximum Gasteiger partial charge on any atom is 0.114 e. The minimum atomic E-state index is 0.599. The third kappa shape index (κ3) is 2.31. The first kappa shape index (κ1) is 11.3. The Balaban J connectivity index is 2.23. The number of nitrogens with two attached hydrogens (primary N) is 1. The zero-order chi connectivity index (χ0) is 11.5. The molecule has 0 unspecified atom stereocenters. The maximum absolute atomic E-state index is 5.64. The van der Waals surface area contributed by atoms with Crippen LogP contribution in [0.2, 0.25) is 0 Å². The minimum absolute atomic E-state index is 0.599. The first-order valence-corrected chi connectivity index (χ1v) is 6.04. The standard InChI is InChI=1S/C13H15NOS/c1-9-7-12(4-3-11(9)8-14)16-13-5-6-15-10(13)2/h3-7H,8,14H2,1-2H3. The van der Waals surface area contributed by atoms with Gasteiger partial charge < -0.3 is 10.2 Å². The van der Waals surface area contributed by atoms with Crippen molar-refractivity contribution in [2.75, 3.05) is 0 Å². The van der Waals surface area contributed by atoms with E-state index in [4.69, 9.17) is 10.2 Å². The zero-order valence-corrected chi connectivity index (χ0v) is 10.3. The Bertz CT molecular complexity index is 490. The highest BCUT2D eigenvalue weighted by molar-refractivity contribution is 7.99. The van der Waals surface area contributed by atoms with Gasteiger partial charge in [0.2, 0.25) is 0 Å². The van der Waals surface area contributed by atoms with Gasteiger partial charge in [0.1, 0.15) is 5.76 Å². The number of benzene rings is 1. The van der Waals surface area contributed by atoms with E-state index in [1.807, 2.05) is 13.0 Å². The van der Waals surface area contributed by atoms with Crippen molar-refractivity contribution in [1.29, 1.82) is 0 Å². The van der Waals surface area contributed by atoms with Crippen LogP contribution in [0.1, 0.15) is 16.9 Å².